The van der Waals surface area contributed by atoms with Crippen LogP contribution in [0.15, 0.2) is 0 Å². The van der Waals surface area contributed by atoms with Crippen molar-refractivity contribution < 1.29 is 14.6 Å². The van der Waals surface area contributed by atoms with Crippen molar-refractivity contribution in [3.63, 3.8) is 0 Å². The predicted octanol–water partition coefficient (Wildman–Crippen LogP) is 1.99. The third-order valence-corrected chi connectivity index (χ3v) is 2.48. The molecule has 0 aromatic carbocycles. The molecule has 4 heteroatoms. The summed E-state index contributed by atoms with van der Waals surface area (Å²) < 4.78 is 5.19. The molecule has 0 rings (SSSR count). The smallest absolute Gasteiger partial charge is 0.323 e. The van der Waals surface area contributed by atoms with Gasteiger partial charge in [0.25, 0.3) is 0 Å². The van der Waals surface area contributed by atoms with Crippen LogP contribution in [0.5, 0.6) is 0 Å². The fraction of sp³-hybridized carbons (Fsp3) is 0.923. The highest BCUT2D eigenvalue weighted by Crippen LogP contribution is 2.11. The van der Waals surface area contributed by atoms with Gasteiger partial charge in [0, 0.05) is 0 Å². The second kappa shape index (κ2) is 7.67. The molecule has 0 aromatic heterocycles. The van der Waals surface area contributed by atoms with Crippen molar-refractivity contribution in [3.8, 4) is 0 Å². The Balaban J connectivity index is 3.72. The Kier molecular flexibility index (Phi) is 7.39. The number of aliphatic hydroxyl groups is 1. The molecule has 0 spiro atoms. The van der Waals surface area contributed by atoms with Crippen LogP contribution < -0.4 is 5.73 Å². The van der Waals surface area contributed by atoms with Gasteiger partial charge in [-0.05, 0) is 40.0 Å². The van der Waals surface area contributed by atoms with Crippen LogP contribution in [0.4, 0.5) is 0 Å². The number of ether oxygens (including phenoxy) is 1. The Morgan fingerprint density at radius 2 is 1.82 bits per heavy atom. The summed E-state index contributed by atoms with van der Waals surface area (Å²) in [6.07, 6.45) is 3.68. The summed E-state index contributed by atoms with van der Waals surface area (Å²) in [6, 6.07) is -0.548. The topological polar surface area (TPSA) is 72.5 Å². The van der Waals surface area contributed by atoms with E-state index in [1.165, 1.54) is 0 Å². The molecule has 0 aliphatic rings. The number of esters is 1. The van der Waals surface area contributed by atoms with Crippen molar-refractivity contribution in [1.82, 2.24) is 0 Å². The predicted molar refractivity (Wildman–Crippen MR) is 68.6 cm³/mol. The fourth-order valence-electron chi connectivity index (χ4n) is 1.44. The monoisotopic (exact) mass is 245 g/mol. The first-order valence-corrected chi connectivity index (χ1v) is 6.42. The second-order valence-corrected chi connectivity index (χ2v) is 5.49. The Labute approximate surface area is 105 Å². The maximum Gasteiger partial charge on any atom is 0.323 e. The van der Waals surface area contributed by atoms with Gasteiger partial charge in [-0.3, -0.25) is 4.79 Å². The third-order valence-electron chi connectivity index (χ3n) is 2.48. The molecule has 0 bridgehead atoms. The van der Waals surface area contributed by atoms with E-state index >= 15 is 0 Å². The summed E-state index contributed by atoms with van der Waals surface area (Å²) in [5, 5.41) is 9.36. The van der Waals surface area contributed by atoms with E-state index in [1.807, 2.05) is 27.7 Å². The molecule has 4 nitrogen and oxygen atoms in total. The standard InChI is InChI=1S/C13H27NO3/c1-5-10(15)8-6-7-9-11(14)12(16)17-13(2,3)4/h10-11,15H,5-9,14H2,1-4H3/t10?,11-/m0/s1. The first kappa shape index (κ1) is 16.4. The molecule has 1 unspecified atom stereocenters. The van der Waals surface area contributed by atoms with E-state index in [2.05, 4.69) is 0 Å². The minimum Gasteiger partial charge on any atom is -0.459 e. The molecule has 0 amide bonds. The Morgan fingerprint density at radius 3 is 2.29 bits per heavy atom. The Bertz CT molecular complexity index is 223. The van der Waals surface area contributed by atoms with Gasteiger partial charge in [0.05, 0.1) is 6.10 Å². The summed E-state index contributed by atoms with van der Waals surface area (Å²) in [6.45, 7) is 7.44. The zero-order chi connectivity index (χ0) is 13.5. The lowest BCUT2D eigenvalue weighted by atomic mass is 10.1. The van der Waals surface area contributed by atoms with Crippen LogP contribution in [0.1, 0.15) is 59.8 Å². The van der Waals surface area contributed by atoms with Gasteiger partial charge in [-0.2, -0.15) is 0 Å². The van der Waals surface area contributed by atoms with Crippen molar-refractivity contribution in [3.05, 3.63) is 0 Å². The van der Waals surface area contributed by atoms with Gasteiger partial charge in [0.15, 0.2) is 0 Å². The lowest BCUT2D eigenvalue weighted by molar-refractivity contribution is -0.156. The molecule has 0 fully saturated rings. The maximum absolute atomic E-state index is 11.5. The van der Waals surface area contributed by atoms with E-state index in [1.54, 1.807) is 0 Å². The fourth-order valence-corrected chi connectivity index (χ4v) is 1.44. The molecule has 0 heterocycles. The molecule has 0 saturated heterocycles. The summed E-state index contributed by atoms with van der Waals surface area (Å²) in [4.78, 5) is 11.5. The number of rotatable bonds is 7. The minimum atomic E-state index is -0.548. The number of aliphatic hydroxyl groups excluding tert-OH is 1. The highest BCUT2D eigenvalue weighted by atomic mass is 16.6. The first-order chi connectivity index (χ1) is 7.76. The highest BCUT2D eigenvalue weighted by Gasteiger charge is 2.21. The molecule has 0 aliphatic heterocycles. The van der Waals surface area contributed by atoms with Crippen molar-refractivity contribution in [1.29, 1.82) is 0 Å². The molecule has 2 atom stereocenters. The zero-order valence-corrected chi connectivity index (χ0v) is 11.5. The van der Waals surface area contributed by atoms with Crippen LogP contribution in [0.25, 0.3) is 0 Å². The summed E-state index contributed by atoms with van der Waals surface area (Å²) in [5.41, 5.74) is 5.26. The van der Waals surface area contributed by atoms with Gasteiger partial charge in [0.1, 0.15) is 11.6 Å². The second-order valence-electron chi connectivity index (χ2n) is 5.49. The number of carbonyl (C=O) groups excluding carboxylic acids is 1. The van der Waals surface area contributed by atoms with Gasteiger partial charge >= 0.3 is 5.97 Å². The quantitative estimate of drug-likeness (QED) is 0.531. The highest BCUT2D eigenvalue weighted by molar-refractivity contribution is 5.75. The average molecular weight is 245 g/mol. The largest absolute Gasteiger partial charge is 0.459 e. The van der Waals surface area contributed by atoms with Crippen molar-refractivity contribution in [2.45, 2.75) is 77.5 Å². The first-order valence-electron chi connectivity index (χ1n) is 6.42. The summed E-state index contributed by atoms with van der Waals surface area (Å²) in [7, 11) is 0. The van der Waals surface area contributed by atoms with E-state index in [4.69, 9.17) is 10.5 Å². The van der Waals surface area contributed by atoms with Crippen LogP contribution in [0.3, 0.4) is 0 Å². The molecular weight excluding hydrogens is 218 g/mol. The van der Waals surface area contributed by atoms with Crippen LogP contribution in [-0.4, -0.2) is 28.8 Å². The Hall–Kier alpha value is -0.610. The van der Waals surface area contributed by atoms with Gasteiger partial charge in [-0.1, -0.05) is 19.8 Å². The van der Waals surface area contributed by atoms with E-state index in [-0.39, 0.29) is 12.1 Å². The summed E-state index contributed by atoms with van der Waals surface area (Å²) >= 11 is 0. The normalized spacial score (nSPS) is 15.4. The van der Waals surface area contributed by atoms with Gasteiger partial charge in [-0.15, -0.1) is 0 Å². The number of hydrogen-bond donors (Lipinski definition) is 2. The van der Waals surface area contributed by atoms with Crippen LogP contribution in [-0.2, 0) is 9.53 Å². The van der Waals surface area contributed by atoms with E-state index in [0.717, 1.165) is 25.7 Å². The molecule has 0 aliphatic carbocycles. The minimum absolute atomic E-state index is 0.229. The van der Waals surface area contributed by atoms with Crippen molar-refractivity contribution >= 4 is 5.97 Å². The van der Waals surface area contributed by atoms with Gasteiger partial charge in [0.2, 0.25) is 0 Å². The maximum atomic E-state index is 11.5. The molecule has 0 aromatic rings. The van der Waals surface area contributed by atoms with E-state index in [9.17, 15) is 9.90 Å². The Morgan fingerprint density at radius 1 is 1.29 bits per heavy atom. The van der Waals surface area contributed by atoms with Crippen LogP contribution in [0.2, 0.25) is 0 Å². The lowest BCUT2D eigenvalue weighted by Crippen LogP contribution is -2.37. The average Bonchev–Trinajstić information content (AvgIpc) is 2.21. The number of nitrogens with two attached hydrogens (primary N) is 1. The van der Waals surface area contributed by atoms with Crippen molar-refractivity contribution in [2.75, 3.05) is 0 Å². The number of hydrogen-bond acceptors (Lipinski definition) is 4. The van der Waals surface area contributed by atoms with Gasteiger partial charge < -0.3 is 15.6 Å². The molecule has 17 heavy (non-hydrogen) atoms. The third kappa shape index (κ3) is 9.12. The molecular formula is C13H27NO3. The molecule has 0 radical (unpaired) electrons. The SMILES string of the molecule is CCC(O)CCCC[C@H](N)C(=O)OC(C)(C)C. The van der Waals surface area contributed by atoms with Crippen LogP contribution >= 0.6 is 0 Å². The molecule has 3 N–H and O–H groups in total. The van der Waals surface area contributed by atoms with E-state index < -0.39 is 11.6 Å². The van der Waals surface area contributed by atoms with E-state index in [0.29, 0.717) is 6.42 Å². The van der Waals surface area contributed by atoms with Crippen molar-refractivity contribution in [2.24, 2.45) is 5.73 Å². The summed E-state index contributed by atoms with van der Waals surface area (Å²) in [5.74, 6) is -0.339. The number of carbonyl (C=O) groups is 1. The lowest BCUT2D eigenvalue weighted by Gasteiger charge is -2.22. The molecule has 102 valence electrons. The van der Waals surface area contributed by atoms with Gasteiger partial charge in [-0.25, -0.2) is 0 Å². The van der Waals surface area contributed by atoms with Crippen LogP contribution in [0, 0.1) is 0 Å². The zero-order valence-electron chi connectivity index (χ0n) is 11.5. The number of unbranched alkanes of at least 4 members (excludes halogenated alkanes) is 1. The molecule has 0 saturated carbocycles.